The lowest BCUT2D eigenvalue weighted by Gasteiger charge is -2.10. The number of benzene rings is 1. The molecule has 0 radical (unpaired) electrons. The maximum absolute atomic E-state index is 12.4. The van der Waals surface area contributed by atoms with Gasteiger partial charge in [-0.1, -0.05) is 179 Å². The normalized spacial score (nSPS) is 12.6. The van der Waals surface area contributed by atoms with Crippen molar-refractivity contribution in [2.24, 2.45) is 0 Å². The van der Waals surface area contributed by atoms with Crippen molar-refractivity contribution in [1.82, 2.24) is 10.6 Å². The molecule has 0 heterocycles. The first-order valence-electron chi connectivity index (χ1n) is 21.4. The first-order valence-corrected chi connectivity index (χ1v) is 21.4. The molecule has 1 rings (SSSR count). The molecule has 0 aliphatic rings. The number of hydrogen-bond donors (Lipinski definition) is 4. The number of rotatable bonds is 36. The number of amides is 2. The van der Waals surface area contributed by atoms with Crippen LogP contribution in [0.25, 0.3) is 0 Å². The Morgan fingerprint density at radius 1 is 0.480 bits per heavy atom. The van der Waals surface area contributed by atoms with Crippen LogP contribution in [0.15, 0.2) is 24.3 Å². The van der Waals surface area contributed by atoms with Crippen LogP contribution in [0, 0.1) is 0 Å². The predicted molar refractivity (Wildman–Crippen MR) is 212 cm³/mol. The monoisotopic (exact) mass is 701 g/mol. The van der Waals surface area contributed by atoms with Crippen molar-refractivity contribution in [3.8, 4) is 0 Å². The van der Waals surface area contributed by atoms with Gasteiger partial charge in [-0.25, -0.2) is 0 Å². The van der Waals surface area contributed by atoms with Gasteiger partial charge in [0.2, 0.25) is 11.8 Å². The second-order valence-electron chi connectivity index (χ2n) is 15.1. The molecule has 0 saturated heterocycles. The van der Waals surface area contributed by atoms with Gasteiger partial charge < -0.3 is 20.8 Å². The zero-order chi connectivity index (χ0) is 36.3. The van der Waals surface area contributed by atoms with Crippen LogP contribution in [0.1, 0.15) is 218 Å². The maximum Gasteiger partial charge on any atom is 0.220 e. The van der Waals surface area contributed by atoms with Crippen molar-refractivity contribution in [3.05, 3.63) is 35.4 Å². The number of aliphatic hydroxyl groups is 2. The molecule has 0 bridgehead atoms. The van der Waals surface area contributed by atoms with E-state index in [4.69, 9.17) is 0 Å². The van der Waals surface area contributed by atoms with Crippen molar-refractivity contribution >= 4 is 11.8 Å². The molecule has 1 aromatic rings. The SMILES string of the molecule is CCCCCCCCC(O)CCCCCCCCC(=O)NCc1cccc(CNC(=O)CCCCCCCCC(O)CCCCCCCC)c1. The summed E-state index contributed by atoms with van der Waals surface area (Å²) >= 11 is 0. The van der Waals surface area contributed by atoms with E-state index in [1.54, 1.807) is 0 Å². The van der Waals surface area contributed by atoms with Gasteiger partial charge in [0, 0.05) is 25.9 Å². The van der Waals surface area contributed by atoms with Gasteiger partial charge in [0.1, 0.15) is 0 Å². The minimum absolute atomic E-state index is 0.0996. The molecule has 6 nitrogen and oxygen atoms in total. The third-order valence-corrected chi connectivity index (χ3v) is 10.1. The Hall–Kier alpha value is -1.92. The Morgan fingerprint density at radius 3 is 1.12 bits per heavy atom. The smallest absolute Gasteiger partial charge is 0.220 e. The highest BCUT2D eigenvalue weighted by atomic mass is 16.3. The fourth-order valence-electron chi connectivity index (χ4n) is 6.78. The minimum atomic E-state index is -0.128. The summed E-state index contributed by atoms with van der Waals surface area (Å²) in [5.41, 5.74) is 2.11. The summed E-state index contributed by atoms with van der Waals surface area (Å²) in [6.45, 7) is 5.51. The molecule has 4 N–H and O–H groups in total. The van der Waals surface area contributed by atoms with E-state index >= 15 is 0 Å². The maximum atomic E-state index is 12.4. The fourth-order valence-corrected chi connectivity index (χ4v) is 6.78. The zero-order valence-corrected chi connectivity index (χ0v) is 32.8. The molecular weight excluding hydrogens is 620 g/mol. The lowest BCUT2D eigenvalue weighted by atomic mass is 10.0. The molecule has 0 spiro atoms. The fraction of sp³-hybridized carbons (Fsp3) is 0.818. The van der Waals surface area contributed by atoms with E-state index < -0.39 is 0 Å². The highest BCUT2D eigenvalue weighted by molar-refractivity contribution is 5.76. The molecule has 0 fully saturated rings. The Kier molecular flexibility index (Phi) is 31.5. The lowest BCUT2D eigenvalue weighted by molar-refractivity contribution is -0.122. The van der Waals surface area contributed by atoms with Gasteiger partial charge in [-0.15, -0.1) is 0 Å². The van der Waals surface area contributed by atoms with Crippen molar-refractivity contribution in [2.45, 2.75) is 232 Å². The summed E-state index contributed by atoms with van der Waals surface area (Å²) in [5, 5.41) is 26.5. The minimum Gasteiger partial charge on any atom is -0.393 e. The number of unbranched alkanes of at least 4 members (excludes halogenated alkanes) is 20. The van der Waals surface area contributed by atoms with E-state index in [-0.39, 0.29) is 24.0 Å². The molecule has 2 atom stereocenters. The molecular formula is C44H80N2O4. The average Bonchev–Trinajstić information content (AvgIpc) is 3.11. The molecule has 290 valence electrons. The lowest BCUT2D eigenvalue weighted by Crippen LogP contribution is -2.23. The zero-order valence-electron chi connectivity index (χ0n) is 32.8. The van der Waals surface area contributed by atoms with Crippen LogP contribution in [-0.2, 0) is 22.7 Å². The van der Waals surface area contributed by atoms with Gasteiger partial charge in [0.25, 0.3) is 0 Å². The second-order valence-corrected chi connectivity index (χ2v) is 15.1. The van der Waals surface area contributed by atoms with E-state index in [2.05, 4.69) is 30.5 Å². The summed E-state index contributed by atoms with van der Waals surface area (Å²) in [5.74, 6) is 0.199. The predicted octanol–water partition coefficient (Wildman–Crippen LogP) is 11.4. The average molecular weight is 701 g/mol. The Bertz CT molecular complexity index is 854. The number of hydrogen-bond acceptors (Lipinski definition) is 4. The first-order chi connectivity index (χ1) is 24.4. The van der Waals surface area contributed by atoms with Gasteiger partial charge in [-0.3, -0.25) is 9.59 Å². The largest absolute Gasteiger partial charge is 0.393 e. The molecule has 1 aromatic carbocycles. The van der Waals surface area contributed by atoms with Gasteiger partial charge in [0.05, 0.1) is 12.2 Å². The van der Waals surface area contributed by atoms with Gasteiger partial charge in [-0.2, -0.15) is 0 Å². The molecule has 6 heteroatoms. The Labute approximate surface area is 308 Å². The number of carbonyl (C=O) groups is 2. The van der Waals surface area contributed by atoms with Crippen molar-refractivity contribution < 1.29 is 19.8 Å². The molecule has 0 aromatic heterocycles. The third kappa shape index (κ3) is 29.8. The topological polar surface area (TPSA) is 98.7 Å². The Morgan fingerprint density at radius 2 is 0.780 bits per heavy atom. The van der Waals surface area contributed by atoms with Crippen LogP contribution in [0.5, 0.6) is 0 Å². The standard InChI is InChI=1S/C44H80N2O4/c1-3-5-7-9-15-21-30-41(47)32-23-17-11-13-19-25-34-43(49)45-37-39-28-27-29-40(36-39)38-46-44(50)35-26-20-14-12-18-24-33-42(48)31-22-16-10-8-6-4-2/h27-29,36,41-42,47-48H,3-26,30-35,37-38H2,1-2H3,(H,45,49)(H,46,50). The third-order valence-electron chi connectivity index (χ3n) is 10.1. The molecule has 50 heavy (non-hydrogen) atoms. The van der Waals surface area contributed by atoms with E-state index in [9.17, 15) is 19.8 Å². The highest BCUT2D eigenvalue weighted by Gasteiger charge is 2.07. The highest BCUT2D eigenvalue weighted by Crippen LogP contribution is 2.16. The van der Waals surface area contributed by atoms with Crippen LogP contribution < -0.4 is 10.6 Å². The summed E-state index contributed by atoms with van der Waals surface area (Å²) in [6.07, 6.45) is 33.2. The van der Waals surface area contributed by atoms with Crippen molar-refractivity contribution in [3.63, 3.8) is 0 Å². The summed E-state index contributed by atoms with van der Waals surface area (Å²) in [6, 6.07) is 8.10. The van der Waals surface area contributed by atoms with Crippen LogP contribution in [-0.4, -0.2) is 34.2 Å². The van der Waals surface area contributed by atoms with Gasteiger partial charge in [0.15, 0.2) is 0 Å². The van der Waals surface area contributed by atoms with E-state index in [0.717, 1.165) is 101 Å². The van der Waals surface area contributed by atoms with Crippen molar-refractivity contribution in [1.29, 1.82) is 0 Å². The molecule has 0 aliphatic carbocycles. The summed E-state index contributed by atoms with van der Waals surface area (Å²) in [7, 11) is 0. The van der Waals surface area contributed by atoms with E-state index in [1.165, 1.54) is 89.9 Å². The quantitative estimate of drug-likeness (QED) is 0.0524. The number of carbonyl (C=O) groups excluding carboxylic acids is 2. The molecule has 2 amide bonds. The first kappa shape index (κ1) is 46.1. The number of nitrogens with one attached hydrogen (secondary N) is 2. The van der Waals surface area contributed by atoms with Crippen LogP contribution in [0.2, 0.25) is 0 Å². The Balaban J connectivity index is 1.99. The van der Waals surface area contributed by atoms with E-state index in [1.807, 2.05) is 18.2 Å². The molecule has 0 saturated carbocycles. The van der Waals surface area contributed by atoms with Crippen LogP contribution in [0.4, 0.5) is 0 Å². The summed E-state index contributed by atoms with van der Waals surface area (Å²) < 4.78 is 0. The van der Waals surface area contributed by atoms with Crippen LogP contribution >= 0.6 is 0 Å². The summed E-state index contributed by atoms with van der Waals surface area (Å²) in [4.78, 5) is 24.7. The van der Waals surface area contributed by atoms with Crippen LogP contribution in [0.3, 0.4) is 0 Å². The second kappa shape index (κ2) is 34.2. The number of aliphatic hydroxyl groups excluding tert-OH is 2. The van der Waals surface area contributed by atoms with Crippen molar-refractivity contribution in [2.75, 3.05) is 0 Å². The molecule has 2 unspecified atom stereocenters. The van der Waals surface area contributed by atoms with Gasteiger partial charge in [-0.05, 0) is 49.7 Å². The van der Waals surface area contributed by atoms with E-state index in [0.29, 0.717) is 25.9 Å². The molecule has 0 aliphatic heterocycles. The van der Waals surface area contributed by atoms with Gasteiger partial charge >= 0.3 is 0 Å².